The van der Waals surface area contributed by atoms with Crippen LogP contribution in [0, 0.1) is 0 Å². The molecule has 104 valence electrons. The predicted octanol–water partition coefficient (Wildman–Crippen LogP) is 4.07. The maximum Gasteiger partial charge on any atom is 0.195 e. The van der Waals surface area contributed by atoms with Crippen molar-refractivity contribution in [2.24, 2.45) is 7.05 Å². The van der Waals surface area contributed by atoms with E-state index in [-0.39, 0.29) is 5.78 Å². The van der Waals surface area contributed by atoms with E-state index in [0.29, 0.717) is 5.92 Å². The Kier molecular flexibility index (Phi) is 2.55. The average Bonchev–Trinajstić information content (AvgIpc) is 2.74. The maximum absolute atomic E-state index is 13.1. The molecule has 0 fully saturated rings. The van der Waals surface area contributed by atoms with Gasteiger partial charge in [0.1, 0.15) is 0 Å². The summed E-state index contributed by atoms with van der Waals surface area (Å²) in [6.07, 6.45) is 0.916. The summed E-state index contributed by atoms with van der Waals surface area (Å²) in [4.78, 5) is 13.1. The van der Waals surface area contributed by atoms with E-state index in [9.17, 15) is 4.79 Å². The zero-order valence-corrected chi connectivity index (χ0v) is 12.3. The highest BCUT2D eigenvalue weighted by molar-refractivity contribution is 6.18. The molecule has 0 saturated carbocycles. The normalized spacial score (nSPS) is 17.4. The molecular weight excluding hydrogens is 258 g/mol. The molecular formula is C19H17NO. The fourth-order valence-electron chi connectivity index (χ4n) is 3.71. The average molecular weight is 275 g/mol. The van der Waals surface area contributed by atoms with Gasteiger partial charge in [0, 0.05) is 35.1 Å². The molecule has 0 aliphatic heterocycles. The fraction of sp³-hybridized carbons (Fsp3) is 0.211. The van der Waals surface area contributed by atoms with Crippen molar-refractivity contribution >= 4 is 16.7 Å². The Morgan fingerprint density at radius 2 is 1.76 bits per heavy atom. The van der Waals surface area contributed by atoms with E-state index < -0.39 is 0 Å². The number of benzene rings is 2. The van der Waals surface area contributed by atoms with Gasteiger partial charge in [0.2, 0.25) is 0 Å². The first kappa shape index (κ1) is 12.4. The van der Waals surface area contributed by atoms with Gasteiger partial charge < -0.3 is 4.57 Å². The van der Waals surface area contributed by atoms with Gasteiger partial charge in [-0.2, -0.15) is 0 Å². The monoisotopic (exact) mass is 275 g/mol. The second-order valence-electron chi connectivity index (χ2n) is 5.93. The van der Waals surface area contributed by atoms with Gasteiger partial charge in [-0.15, -0.1) is 0 Å². The molecule has 0 N–H and O–H groups in total. The van der Waals surface area contributed by atoms with Crippen LogP contribution in [0.5, 0.6) is 0 Å². The number of hydrogen-bond acceptors (Lipinski definition) is 1. The van der Waals surface area contributed by atoms with E-state index in [2.05, 4.69) is 36.7 Å². The molecule has 0 amide bonds. The van der Waals surface area contributed by atoms with Crippen LogP contribution in [0.25, 0.3) is 10.9 Å². The minimum absolute atomic E-state index is 0.168. The summed E-state index contributed by atoms with van der Waals surface area (Å²) in [5.41, 5.74) is 5.22. The standard InChI is InChI=1S/C19H17NO/c1-12-11-13-7-3-4-8-14(13)19(21)17-15-9-5-6-10-16(15)20(2)18(12)17/h3-10,12H,11H2,1-2H3. The number of carbonyl (C=O) groups excluding carboxylic acids is 1. The number of nitrogens with zero attached hydrogens (tertiary/aromatic N) is 1. The van der Waals surface area contributed by atoms with Crippen LogP contribution in [0.2, 0.25) is 0 Å². The van der Waals surface area contributed by atoms with Gasteiger partial charge >= 0.3 is 0 Å². The number of rotatable bonds is 0. The summed E-state index contributed by atoms with van der Waals surface area (Å²) >= 11 is 0. The van der Waals surface area contributed by atoms with Crippen molar-refractivity contribution in [2.45, 2.75) is 19.3 Å². The molecule has 1 atom stereocenters. The molecule has 1 heterocycles. The largest absolute Gasteiger partial charge is 0.347 e. The van der Waals surface area contributed by atoms with Crippen molar-refractivity contribution in [2.75, 3.05) is 0 Å². The molecule has 21 heavy (non-hydrogen) atoms. The smallest absolute Gasteiger partial charge is 0.195 e. The molecule has 0 saturated heterocycles. The van der Waals surface area contributed by atoms with Crippen molar-refractivity contribution in [1.82, 2.24) is 4.57 Å². The second-order valence-corrected chi connectivity index (χ2v) is 5.93. The van der Waals surface area contributed by atoms with Gasteiger partial charge in [-0.3, -0.25) is 4.79 Å². The van der Waals surface area contributed by atoms with Crippen molar-refractivity contribution in [3.63, 3.8) is 0 Å². The van der Waals surface area contributed by atoms with Crippen LogP contribution in [-0.2, 0) is 13.5 Å². The molecule has 1 unspecified atom stereocenters. The zero-order chi connectivity index (χ0) is 14.6. The van der Waals surface area contributed by atoms with Crippen molar-refractivity contribution < 1.29 is 4.79 Å². The molecule has 4 rings (SSSR count). The molecule has 1 aromatic heterocycles. The summed E-state index contributed by atoms with van der Waals surface area (Å²) in [5, 5.41) is 1.07. The Balaban J connectivity index is 2.12. The van der Waals surface area contributed by atoms with Gasteiger partial charge in [0.25, 0.3) is 0 Å². The molecule has 0 spiro atoms. The molecule has 3 aromatic rings. The van der Waals surface area contributed by atoms with Crippen molar-refractivity contribution in [3.05, 3.63) is 70.9 Å². The molecule has 1 aliphatic carbocycles. The van der Waals surface area contributed by atoms with E-state index in [4.69, 9.17) is 0 Å². The molecule has 2 aromatic carbocycles. The van der Waals surface area contributed by atoms with E-state index >= 15 is 0 Å². The lowest BCUT2D eigenvalue weighted by atomic mass is 9.98. The van der Waals surface area contributed by atoms with E-state index in [0.717, 1.165) is 39.7 Å². The van der Waals surface area contributed by atoms with Crippen LogP contribution in [0.4, 0.5) is 0 Å². The summed E-state index contributed by atoms with van der Waals surface area (Å²) in [7, 11) is 2.07. The molecule has 0 radical (unpaired) electrons. The Morgan fingerprint density at radius 1 is 1.05 bits per heavy atom. The van der Waals surface area contributed by atoms with Crippen LogP contribution in [0.3, 0.4) is 0 Å². The SMILES string of the molecule is CC1Cc2ccccc2C(=O)c2c1n(C)c1ccccc21. The Morgan fingerprint density at radius 3 is 2.62 bits per heavy atom. The van der Waals surface area contributed by atoms with Gasteiger partial charge in [-0.1, -0.05) is 49.4 Å². The van der Waals surface area contributed by atoms with Crippen molar-refractivity contribution in [3.8, 4) is 0 Å². The topological polar surface area (TPSA) is 22.0 Å². The quantitative estimate of drug-likeness (QED) is 0.606. The number of carbonyl (C=O) groups is 1. The summed E-state index contributed by atoms with van der Waals surface area (Å²) in [6, 6.07) is 16.2. The lowest BCUT2D eigenvalue weighted by Crippen LogP contribution is -2.06. The van der Waals surface area contributed by atoms with Crippen LogP contribution < -0.4 is 0 Å². The van der Waals surface area contributed by atoms with Crippen LogP contribution in [0.15, 0.2) is 48.5 Å². The first-order valence-corrected chi connectivity index (χ1v) is 7.38. The minimum Gasteiger partial charge on any atom is -0.347 e. The van der Waals surface area contributed by atoms with Crippen LogP contribution in [-0.4, -0.2) is 10.4 Å². The summed E-state index contributed by atoms with van der Waals surface area (Å²) < 4.78 is 2.19. The Bertz CT molecular complexity index is 872. The van der Waals surface area contributed by atoms with Crippen molar-refractivity contribution in [1.29, 1.82) is 0 Å². The number of aryl methyl sites for hydroxylation is 1. The molecule has 2 nitrogen and oxygen atoms in total. The van der Waals surface area contributed by atoms with Gasteiger partial charge in [0.05, 0.1) is 5.56 Å². The lowest BCUT2D eigenvalue weighted by molar-refractivity contribution is 0.103. The summed E-state index contributed by atoms with van der Waals surface area (Å²) in [5.74, 6) is 0.506. The number of ketones is 1. The zero-order valence-electron chi connectivity index (χ0n) is 12.3. The first-order chi connectivity index (χ1) is 10.2. The second kappa shape index (κ2) is 4.32. The minimum atomic E-state index is 0.168. The lowest BCUT2D eigenvalue weighted by Gasteiger charge is -2.12. The highest BCUT2D eigenvalue weighted by Crippen LogP contribution is 2.37. The third kappa shape index (κ3) is 1.62. The molecule has 2 heteroatoms. The fourth-order valence-corrected chi connectivity index (χ4v) is 3.71. The Hall–Kier alpha value is -2.35. The van der Waals surface area contributed by atoms with Crippen LogP contribution in [0.1, 0.15) is 40.0 Å². The third-order valence-electron chi connectivity index (χ3n) is 4.63. The Labute approximate surface area is 124 Å². The number of hydrogen-bond donors (Lipinski definition) is 0. The number of para-hydroxylation sites is 1. The van der Waals surface area contributed by atoms with E-state index in [1.165, 1.54) is 0 Å². The van der Waals surface area contributed by atoms with E-state index in [1.54, 1.807) is 0 Å². The number of aromatic nitrogens is 1. The first-order valence-electron chi connectivity index (χ1n) is 7.38. The third-order valence-corrected chi connectivity index (χ3v) is 4.63. The van der Waals surface area contributed by atoms with Gasteiger partial charge in [-0.05, 0) is 18.1 Å². The van der Waals surface area contributed by atoms with Gasteiger partial charge in [0.15, 0.2) is 5.78 Å². The summed E-state index contributed by atoms with van der Waals surface area (Å²) in [6.45, 7) is 2.22. The highest BCUT2D eigenvalue weighted by Gasteiger charge is 2.30. The highest BCUT2D eigenvalue weighted by atomic mass is 16.1. The predicted molar refractivity (Wildman–Crippen MR) is 84.9 cm³/mol. The molecule has 0 bridgehead atoms. The maximum atomic E-state index is 13.1. The van der Waals surface area contributed by atoms with Crippen LogP contribution >= 0.6 is 0 Å². The van der Waals surface area contributed by atoms with Gasteiger partial charge in [-0.25, -0.2) is 0 Å². The number of fused-ring (bicyclic) bond motifs is 4. The molecule has 1 aliphatic rings. The van der Waals surface area contributed by atoms with E-state index in [1.807, 2.05) is 30.3 Å².